The maximum Gasteiger partial charge on any atom is 0.126 e. The van der Waals surface area contributed by atoms with Gasteiger partial charge in [0.2, 0.25) is 0 Å². The second-order valence-electron chi connectivity index (χ2n) is 3.75. The highest BCUT2D eigenvalue weighted by atomic mass is 16.5. The average molecular weight is 202 g/mol. The molecule has 0 aliphatic heterocycles. The molecule has 0 fully saturated rings. The number of hydrogen-bond donors (Lipinski definition) is 0. The molecule has 1 heteroatoms. The Morgan fingerprint density at radius 1 is 1.33 bits per heavy atom. The summed E-state index contributed by atoms with van der Waals surface area (Å²) in [7, 11) is 0. The van der Waals surface area contributed by atoms with Crippen LogP contribution in [0.15, 0.2) is 54.8 Å². The molecule has 0 aromatic heterocycles. The monoisotopic (exact) mass is 202 g/mol. The first-order valence-electron chi connectivity index (χ1n) is 5.18. The van der Waals surface area contributed by atoms with E-state index in [1.807, 2.05) is 38.1 Å². The van der Waals surface area contributed by atoms with Crippen LogP contribution in [0.1, 0.15) is 31.9 Å². The summed E-state index contributed by atoms with van der Waals surface area (Å²) in [4.78, 5) is 0. The van der Waals surface area contributed by atoms with E-state index in [4.69, 9.17) is 4.74 Å². The topological polar surface area (TPSA) is 9.23 Å². The Bertz CT molecular complexity index is 320. The third kappa shape index (κ3) is 4.03. The normalized spacial score (nSPS) is 11.6. The lowest BCUT2D eigenvalue weighted by molar-refractivity contribution is 0.147. The summed E-state index contributed by atoms with van der Waals surface area (Å²) >= 11 is 0. The predicted octanol–water partition coefficient (Wildman–Crippen LogP) is 4.24. The fourth-order valence-electron chi connectivity index (χ4n) is 1.31. The van der Waals surface area contributed by atoms with Crippen molar-refractivity contribution >= 4 is 0 Å². The van der Waals surface area contributed by atoms with Crippen molar-refractivity contribution in [3.8, 4) is 0 Å². The number of benzene rings is 1. The van der Waals surface area contributed by atoms with Crippen LogP contribution in [0.25, 0.3) is 0 Å². The van der Waals surface area contributed by atoms with Crippen molar-refractivity contribution in [2.45, 2.75) is 26.4 Å². The van der Waals surface area contributed by atoms with Crippen LogP contribution in [0.3, 0.4) is 0 Å². The lowest BCUT2D eigenvalue weighted by atomic mass is 10.1. The van der Waals surface area contributed by atoms with E-state index in [9.17, 15) is 0 Å². The van der Waals surface area contributed by atoms with Crippen LogP contribution in [-0.4, -0.2) is 0 Å². The van der Waals surface area contributed by atoms with Gasteiger partial charge in [-0.15, -0.1) is 6.58 Å². The minimum Gasteiger partial charge on any atom is -0.493 e. The van der Waals surface area contributed by atoms with E-state index in [1.54, 1.807) is 6.26 Å². The molecule has 80 valence electrons. The Hall–Kier alpha value is -1.50. The molecule has 0 radical (unpaired) electrons. The Balaban J connectivity index is 2.74. The molecule has 0 spiro atoms. The molecule has 0 heterocycles. The zero-order valence-corrected chi connectivity index (χ0v) is 9.44. The van der Waals surface area contributed by atoms with Crippen molar-refractivity contribution in [3.63, 3.8) is 0 Å². The summed E-state index contributed by atoms with van der Waals surface area (Å²) in [6.07, 6.45) is 4.60. The Morgan fingerprint density at radius 3 is 2.53 bits per heavy atom. The van der Waals surface area contributed by atoms with Crippen molar-refractivity contribution in [3.05, 3.63) is 60.4 Å². The van der Waals surface area contributed by atoms with Gasteiger partial charge in [-0.1, -0.05) is 36.4 Å². The number of hydrogen-bond acceptors (Lipinski definition) is 1. The average Bonchev–Trinajstić information content (AvgIpc) is 2.25. The van der Waals surface area contributed by atoms with E-state index in [1.165, 1.54) is 11.1 Å². The standard InChI is InChI=1S/C14H18O/c1-4-8-14(15-11-12(2)3)13-9-6-5-7-10-13/h4-7,9-11,14H,1,8H2,2-3H3. The minimum absolute atomic E-state index is 0.0820. The summed E-state index contributed by atoms with van der Waals surface area (Å²) in [5.74, 6) is 0. The Labute approximate surface area is 92.1 Å². The SMILES string of the molecule is C=CCC(OC=C(C)C)c1ccccc1. The van der Waals surface area contributed by atoms with Crippen molar-refractivity contribution in [1.29, 1.82) is 0 Å². The molecule has 0 saturated heterocycles. The molecule has 0 aliphatic carbocycles. The van der Waals surface area contributed by atoms with E-state index in [0.29, 0.717) is 0 Å². The second kappa shape index (κ2) is 6.07. The van der Waals surface area contributed by atoms with Gasteiger partial charge in [0.05, 0.1) is 6.26 Å². The molecule has 1 atom stereocenters. The van der Waals surface area contributed by atoms with E-state index in [-0.39, 0.29) is 6.10 Å². The predicted molar refractivity (Wildman–Crippen MR) is 64.5 cm³/mol. The zero-order chi connectivity index (χ0) is 11.1. The van der Waals surface area contributed by atoms with Gasteiger partial charge in [0.25, 0.3) is 0 Å². The molecule has 0 amide bonds. The van der Waals surface area contributed by atoms with E-state index < -0.39 is 0 Å². The molecule has 1 rings (SSSR count). The molecular weight excluding hydrogens is 184 g/mol. The van der Waals surface area contributed by atoms with Crippen LogP contribution in [0.5, 0.6) is 0 Å². The second-order valence-corrected chi connectivity index (χ2v) is 3.75. The van der Waals surface area contributed by atoms with Gasteiger partial charge in [0.1, 0.15) is 6.10 Å². The molecule has 1 aromatic rings. The number of allylic oxidation sites excluding steroid dienone is 1. The van der Waals surface area contributed by atoms with Gasteiger partial charge >= 0.3 is 0 Å². The first-order valence-corrected chi connectivity index (χ1v) is 5.18. The highest BCUT2D eigenvalue weighted by Gasteiger charge is 2.08. The first-order chi connectivity index (χ1) is 7.24. The third-order valence-corrected chi connectivity index (χ3v) is 2.02. The van der Waals surface area contributed by atoms with Gasteiger partial charge in [-0.25, -0.2) is 0 Å². The van der Waals surface area contributed by atoms with Crippen molar-refractivity contribution < 1.29 is 4.74 Å². The molecule has 0 N–H and O–H groups in total. The van der Waals surface area contributed by atoms with Gasteiger partial charge in [0.15, 0.2) is 0 Å². The molecule has 0 bridgehead atoms. The van der Waals surface area contributed by atoms with Gasteiger partial charge in [-0.3, -0.25) is 0 Å². The van der Waals surface area contributed by atoms with Gasteiger partial charge in [-0.2, -0.15) is 0 Å². The Kier molecular flexibility index (Phi) is 4.69. The summed E-state index contributed by atoms with van der Waals surface area (Å²) in [6, 6.07) is 10.2. The van der Waals surface area contributed by atoms with Crippen molar-refractivity contribution in [1.82, 2.24) is 0 Å². The molecule has 1 nitrogen and oxygen atoms in total. The van der Waals surface area contributed by atoms with Crippen LogP contribution < -0.4 is 0 Å². The number of rotatable bonds is 5. The highest BCUT2D eigenvalue weighted by Crippen LogP contribution is 2.21. The highest BCUT2D eigenvalue weighted by molar-refractivity contribution is 5.18. The summed E-state index contributed by atoms with van der Waals surface area (Å²) in [6.45, 7) is 7.80. The zero-order valence-electron chi connectivity index (χ0n) is 9.44. The molecule has 0 aliphatic rings. The quantitative estimate of drug-likeness (QED) is 0.512. The molecule has 1 unspecified atom stereocenters. The van der Waals surface area contributed by atoms with Crippen molar-refractivity contribution in [2.24, 2.45) is 0 Å². The van der Waals surface area contributed by atoms with Gasteiger partial charge in [-0.05, 0) is 25.0 Å². The van der Waals surface area contributed by atoms with E-state index in [0.717, 1.165) is 6.42 Å². The lowest BCUT2D eigenvalue weighted by Crippen LogP contribution is -1.99. The third-order valence-electron chi connectivity index (χ3n) is 2.02. The lowest BCUT2D eigenvalue weighted by Gasteiger charge is -2.15. The summed E-state index contributed by atoms with van der Waals surface area (Å²) < 4.78 is 5.70. The number of ether oxygens (including phenoxy) is 1. The Morgan fingerprint density at radius 2 is 2.00 bits per heavy atom. The molecule has 1 aromatic carbocycles. The fraction of sp³-hybridized carbons (Fsp3) is 0.286. The van der Waals surface area contributed by atoms with E-state index in [2.05, 4.69) is 18.7 Å². The smallest absolute Gasteiger partial charge is 0.126 e. The van der Waals surface area contributed by atoms with Crippen LogP contribution in [0.2, 0.25) is 0 Å². The van der Waals surface area contributed by atoms with Crippen LogP contribution >= 0.6 is 0 Å². The molecule has 0 saturated carbocycles. The largest absolute Gasteiger partial charge is 0.493 e. The first kappa shape index (κ1) is 11.6. The van der Waals surface area contributed by atoms with Gasteiger partial charge in [0, 0.05) is 6.42 Å². The summed E-state index contributed by atoms with van der Waals surface area (Å²) in [5.41, 5.74) is 2.36. The van der Waals surface area contributed by atoms with Crippen LogP contribution in [-0.2, 0) is 4.74 Å². The van der Waals surface area contributed by atoms with Crippen LogP contribution in [0.4, 0.5) is 0 Å². The maximum absolute atomic E-state index is 5.70. The molecule has 15 heavy (non-hydrogen) atoms. The minimum atomic E-state index is 0.0820. The van der Waals surface area contributed by atoms with E-state index >= 15 is 0 Å². The van der Waals surface area contributed by atoms with Gasteiger partial charge < -0.3 is 4.74 Å². The van der Waals surface area contributed by atoms with Crippen LogP contribution in [0, 0.1) is 0 Å². The summed E-state index contributed by atoms with van der Waals surface area (Å²) in [5, 5.41) is 0. The molecular formula is C14H18O. The fourth-order valence-corrected chi connectivity index (χ4v) is 1.31. The van der Waals surface area contributed by atoms with Crippen molar-refractivity contribution in [2.75, 3.05) is 0 Å². The maximum atomic E-state index is 5.70.